The third-order valence-corrected chi connectivity index (χ3v) is 3.73. The number of carbonyl (C=O) groups excluding carboxylic acids is 1. The number of esters is 1. The third kappa shape index (κ3) is 4.21. The Hall–Kier alpha value is -1.07. The predicted octanol–water partition coefficient (Wildman–Crippen LogP) is 3.33. The Bertz CT molecular complexity index is 440. The molecule has 0 radical (unpaired) electrons. The van der Waals surface area contributed by atoms with Gasteiger partial charge >= 0.3 is 5.97 Å². The van der Waals surface area contributed by atoms with E-state index in [4.69, 9.17) is 14.2 Å². The fourth-order valence-corrected chi connectivity index (χ4v) is 2.21. The number of unbranched alkanes of at least 4 members (excludes halogenated alkanes) is 1. The zero-order valence-electron chi connectivity index (χ0n) is 11.6. The first kappa shape index (κ1) is 15.3. The highest BCUT2D eigenvalue weighted by molar-refractivity contribution is 9.10. The third-order valence-electron chi connectivity index (χ3n) is 3.20. The number of halogens is 1. The van der Waals surface area contributed by atoms with Crippen molar-refractivity contribution in [1.29, 1.82) is 0 Å². The molecule has 0 saturated carbocycles. The zero-order valence-corrected chi connectivity index (χ0v) is 13.1. The summed E-state index contributed by atoms with van der Waals surface area (Å²) in [5.41, 5.74) is -0.659. The van der Waals surface area contributed by atoms with E-state index in [9.17, 15) is 4.79 Å². The summed E-state index contributed by atoms with van der Waals surface area (Å²) in [6.45, 7) is 3.33. The van der Waals surface area contributed by atoms with Crippen molar-refractivity contribution in [3.05, 3.63) is 28.7 Å². The van der Waals surface area contributed by atoms with Crippen molar-refractivity contribution < 1.29 is 19.0 Å². The number of carbonyl (C=O) groups is 1. The Labute approximate surface area is 127 Å². The van der Waals surface area contributed by atoms with Crippen molar-refractivity contribution in [1.82, 2.24) is 0 Å². The van der Waals surface area contributed by atoms with Gasteiger partial charge in [-0.1, -0.05) is 15.9 Å². The molecule has 0 aliphatic carbocycles. The van der Waals surface area contributed by atoms with Gasteiger partial charge in [-0.05, 0) is 50.5 Å². The van der Waals surface area contributed by atoms with Crippen LogP contribution >= 0.6 is 15.9 Å². The maximum Gasteiger partial charge on any atom is 0.340 e. The number of rotatable bonds is 8. The highest BCUT2D eigenvalue weighted by Gasteiger charge is 2.52. The smallest absolute Gasteiger partial charge is 0.340 e. The fraction of sp³-hybridized carbons (Fsp3) is 0.533. The van der Waals surface area contributed by atoms with Gasteiger partial charge in [0.15, 0.2) is 5.60 Å². The minimum absolute atomic E-state index is 0.228. The summed E-state index contributed by atoms with van der Waals surface area (Å²) in [6, 6.07) is 7.74. The van der Waals surface area contributed by atoms with Crippen molar-refractivity contribution in [3.8, 4) is 5.75 Å². The largest absolute Gasteiger partial charge is 0.494 e. The van der Waals surface area contributed by atoms with E-state index >= 15 is 0 Å². The van der Waals surface area contributed by atoms with Gasteiger partial charge in [0.05, 0.1) is 19.8 Å². The van der Waals surface area contributed by atoms with Crippen LogP contribution in [0.25, 0.3) is 0 Å². The van der Waals surface area contributed by atoms with Crippen molar-refractivity contribution >= 4 is 21.9 Å². The van der Waals surface area contributed by atoms with Gasteiger partial charge in [0.1, 0.15) is 5.75 Å². The molecule has 20 heavy (non-hydrogen) atoms. The van der Waals surface area contributed by atoms with E-state index in [2.05, 4.69) is 15.9 Å². The predicted molar refractivity (Wildman–Crippen MR) is 78.8 cm³/mol. The van der Waals surface area contributed by atoms with Gasteiger partial charge < -0.3 is 14.2 Å². The van der Waals surface area contributed by atoms with Gasteiger partial charge in [0, 0.05) is 4.47 Å². The van der Waals surface area contributed by atoms with Crippen LogP contribution in [0, 0.1) is 0 Å². The van der Waals surface area contributed by atoms with Crippen molar-refractivity contribution in [2.75, 3.05) is 19.8 Å². The highest BCUT2D eigenvalue weighted by atomic mass is 79.9. The number of benzene rings is 1. The summed E-state index contributed by atoms with van der Waals surface area (Å²) >= 11 is 3.38. The second kappa shape index (κ2) is 7.09. The van der Waals surface area contributed by atoms with Crippen LogP contribution in [0.3, 0.4) is 0 Å². The van der Waals surface area contributed by atoms with E-state index in [1.54, 1.807) is 6.92 Å². The lowest BCUT2D eigenvalue weighted by molar-refractivity contribution is -0.149. The second-order valence-corrected chi connectivity index (χ2v) is 5.68. The van der Waals surface area contributed by atoms with E-state index in [0.717, 1.165) is 23.1 Å². The van der Waals surface area contributed by atoms with Crippen LogP contribution in [0.4, 0.5) is 0 Å². The van der Waals surface area contributed by atoms with Crippen molar-refractivity contribution in [2.45, 2.75) is 31.8 Å². The van der Waals surface area contributed by atoms with Crippen LogP contribution in [0.15, 0.2) is 28.7 Å². The SMILES string of the molecule is CCOC(=O)C1(CCCCOc2ccc(Br)cc2)CO1. The minimum atomic E-state index is -0.659. The summed E-state index contributed by atoms with van der Waals surface area (Å²) in [4.78, 5) is 11.7. The molecule has 4 nitrogen and oxygen atoms in total. The summed E-state index contributed by atoms with van der Waals surface area (Å²) in [5.74, 6) is 0.629. The monoisotopic (exact) mass is 342 g/mol. The Morgan fingerprint density at radius 3 is 2.65 bits per heavy atom. The number of hydrogen-bond donors (Lipinski definition) is 0. The molecule has 1 atom stereocenters. The lowest BCUT2D eigenvalue weighted by atomic mass is 10.0. The van der Waals surface area contributed by atoms with Gasteiger partial charge in [0.25, 0.3) is 0 Å². The summed E-state index contributed by atoms with van der Waals surface area (Å²) in [6.07, 6.45) is 2.48. The van der Waals surface area contributed by atoms with Crippen LogP contribution in [-0.4, -0.2) is 31.4 Å². The average Bonchev–Trinajstić information content (AvgIpc) is 3.22. The number of hydrogen-bond acceptors (Lipinski definition) is 4. The van der Waals surface area contributed by atoms with Crippen LogP contribution < -0.4 is 4.74 Å². The molecule has 1 fully saturated rings. The average molecular weight is 343 g/mol. The zero-order chi connectivity index (χ0) is 14.4. The number of ether oxygens (including phenoxy) is 3. The molecule has 0 amide bonds. The molecule has 0 bridgehead atoms. The minimum Gasteiger partial charge on any atom is -0.494 e. The molecule has 1 aliphatic heterocycles. The Morgan fingerprint density at radius 1 is 1.35 bits per heavy atom. The van der Waals surface area contributed by atoms with Crippen LogP contribution in [0.5, 0.6) is 5.75 Å². The molecule has 1 aliphatic rings. The molecule has 1 aromatic carbocycles. The van der Waals surface area contributed by atoms with Crippen molar-refractivity contribution in [2.24, 2.45) is 0 Å². The Balaban J connectivity index is 1.62. The molecular weight excluding hydrogens is 324 g/mol. The van der Waals surface area contributed by atoms with Crippen molar-refractivity contribution in [3.63, 3.8) is 0 Å². The molecule has 1 aromatic rings. The summed E-state index contributed by atoms with van der Waals surface area (Å²) in [7, 11) is 0. The Kier molecular flexibility index (Phi) is 5.43. The van der Waals surface area contributed by atoms with Crippen LogP contribution in [0.1, 0.15) is 26.2 Å². The molecule has 0 N–H and O–H groups in total. The van der Waals surface area contributed by atoms with Gasteiger partial charge in [-0.3, -0.25) is 0 Å². The molecular formula is C15H19BrO4. The lowest BCUT2D eigenvalue weighted by Crippen LogP contribution is -2.27. The van der Waals surface area contributed by atoms with Gasteiger partial charge in [-0.25, -0.2) is 4.79 Å². The standard InChI is InChI=1S/C15H19BrO4/c1-2-18-14(17)15(11-20-15)9-3-4-10-19-13-7-5-12(16)6-8-13/h5-8H,2-4,9-11H2,1H3. The maximum absolute atomic E-state index is 11.7. The summed E-state index contributed by atoms with van der Waals surface area (Å²) in [5, 5.41) is 0. The highest BCUT2D eigenvalue weighted by Crippen LogP contribution is 2.34. The first-order chi connectivity index (χ1) is 9.66. The van der Waals surface area contributed by atoms with Gasteiger partial charge in [0.2, 0.25) is 0 Å². The molecule has 1 saturated heterocycles. The second-order valence-electron chi connectivity index (χ2n) is 4.76. The summed E-state index contributed by atoms with van der Waals surface area (Å²) < 4.78 is 16.9. The Morgan fingerprint density at radius 2 is 2.05 bits per heavy atom. The van der Waals surface area contributed by atoms with E-state index in [0.29, 0.717) is 26.2 Å². The van der Waals surface area contributed by atoms with E-state index < -0.39 is 5.60 Å². The van der Waals surface area contributed by atoms with E-state index in [1.165, 1.54) is 0 Å². The molecule has 110 valence electrons. The fourth-order valence-electron chi connectivity index (χ4n) is 1.95. The first-order valence-electron chi connectivity index (χ1n) is 6.86. The quantitative estimate of drug-likeness (QED) is 0.413. The van der Waals surface area contributed by atoms with Gasteiger partial charge in [-0.2, -0.15) is 0 Å². The van der Waals surface area contributed by atoms with Gasteiger partial charge in [-0.15, -0.1) is 0 Å². The molecule has 0 spiro atoms. The van der Waals surface area contributed by atoms with E-state index in [1.807, 2.05) is 24.3 Å². The topological polar surface area (TPSA) is 48.1 Å². The van der Waals surface area contributed by atoms with Crippen LogP contribution in [0.2, 0.25) is 0 Å². The van der Waals surface area contributed by atoms with E-state index in [-0.39, 0.29) is 5.97 Å². The van der Waals surface area contributed by atoms with Crippen LogP contribution in [-0.2, 0) is 14.3 Å². The molecule has 1 heterocycles. The normalized spacial score (nSPS) is 20.5. The maximum atomic E-state index is 11.7. The molecule has 5 heteroatoms. The molecule has 2 rings (SSSR count). The first-order valence-corrected chi connectivity index (χ1v) is 7.65. The lowest BCUT2D eigenvalue weighted by Gasteiger charge is -2.11. The number of epoxide rings is 1. The molecule has 1 unspecified atom stereocenters. The molecule has 0 aromatic heterocycles.